The maximum absolute atomic E-state index is 10.1. The third-order valence-electron chi connectivity index (χ3n) is 1.23. The summed E-state index contributed by atoms with van der Waals surface area (Å²) in [5.41, 5.74) is 2.45. The lowest BCUT2D eigenvalue weighted by atomic mass is 10.1. The molecular formula is C9H12O. The summed E-state index contributed by atoms with van der Waals surface area (Å²) in [7, 11) is 0. The molecule has 0 atom stereocenters. The van der Waals surface area contributed by atoms with Crippen LogP contribution in [0.15, 0.2) is 36.0 Å². The SMILES string of the molecule is C=C(C=O)C=C(C)C(=C)C. The molecule has 54 valence electrons. The average Bonchev–Trinajstić information content (AvgIpc) is 1.87. The molecule has 0 N–H and O–H groups in total. The van der Waals surface area contributed by atoms with Crippen LogP contribution in [-0.2, 0) is 4.79 Å². The number of hydrogen-bond acceptors (Lipinski definition) is 1. The second-order valence-corrected chi connectivity index (χ2v) is 2.30. The number of aldehydes is 1. The first-order valence-electron chi connectivity index (χ1n) is 3.06. The molecule has 10 heavy (non-hydrogen) atoms. The topological polar surface area (TPSA) is 17.1 Å². The summed E-state index contributed by atoms with van der Waals surface area (Å²) in [4.78, 5) is 10.1. The molecule has 0 aromatic rings. The van der Waals surface area contributed by atoms with Crippen molar-refractivity contribution in [2.24, 2.45) is 0 Å². The number of hydrogen-bond donors (Lipinski definition) is 0. The van der Waals surface area contributed by atoms with Crippen LogP contribution in [0.2, 0.25) is 0 Å². The summed E-state index contributed by atoms with van der Waals surface area (Å²) in [6.45, 7) is 11.0. The lowest BCUT2D eigenvalue weighted by Crippen LogP contribution is -1.80. The van der Waals surface area contributed by atoms with Crippen molar-refractivity contribution >= 4 is 6.29 Å². The van der Waals surface area contributed by atoms with Crippen LogP contribution >= 0.6 is 0 Å². The molecule has 0 saturated heterocycles. The second-order valence-electron chi connectivity index (χ2n) is 2.30. The molecule has 1 heteroatoms. The normalized spacial score (nSPS) is 10.8. The van der Waals surface area contributed by atoms with Crippen molar-refractivity contribution in [1.29, 1.82) is 0 Å². The van der Waals surface area contributed by atoms with Gasteiger partial charge in [0.2, 0.25) is 0 Å². The molecule has 0 aliphatic rings. The molecule has 0 saturated carbocycles. The minimum Gasteiger partial charge on any atom is -0.298 e. The van der Waals surface area contributed by atoms with Crippen LogP contribution < -0.4 is 0 Å². The fourth-order valence-electron chi connectivity index (χ4n) is 0.435. The first-order chi connectivity index (χ1) is 4.57. The zero-order chi connectivity index (χ0) is 8.15. The summed E-state index contributed by atoms with van der Waals surface area (Å²) in [6, 6.07) is 0. The smallest absolute Gasteiger partial charge is 0.149 e. The Kier molecular flexibility index (Phi) is 3.40. The number of carbonyl (C=O) groups excluding carboxylic acids is 1. The quantitative estimate of drug-likeness (QED) is 0.330. The predicted molar refractivity (Wildman–Crippen MR) is 43.8 cm³/mol. The first-order valence-corrected chi connectivity index (χ1v) is 3.06. The Bertz CT molecular complexity index is 197. The Labute approximate surface area is 61.8 Å². The maximum Gasteiger partial charge on any atom is 0.149 e. The zero-order valence-corrected chi connectivity index (χ0v) is 6.48. The van der Waals surface area contributed by atoms with Gasteiger partial charge in [0.1, 0.15) is 6.29 Å². The van der Waals surface area contributed by atoms with Gasteiger partial charge in [-0.1, -0.05) is 18.7 Å². The van der Waals surface area contributed by atoms with Gasteiger partial charge in [0.05, 0.1) is 0 Å². The highest BCUT2D eigenvalue weighted by Crippen LogP contribution is 2.06. The minimum atomic E-state index is 0.487. The molecule has 0 heterocycles. The van der Waals surface area contributed by atoms with Crippen molar-refractivity contribution in [2.45, 2.75) is 13.8 Å². The third kappa shape index (κ3) is 3.02. The molecule has 0 spiro atoms. The standard InChI is InChI=1S/C9H12O/c1-7(2)9(4)5-8(3)6-10/h5-6H,1,3H2,2,4H3. The van der Waals surface area contributed by atoms with E-state index in [9.17, 15) is 4.79 Å². The summed E-state index contributed by atoms with van der Waals surface area (Å²) < 4.78 is 0. The van der Waals surface area contributed by atoms with Crippen molar-refractivity contribution in [3.8, 4) is 0 Å². The van der Waals surface area contributed by atoms with Crippen molar-refractivity contribution in [2.75, 3.05) is 0 Å². The molecule has 1 nitrogen and oxygen atoms in total. The van der Waals surface area contributed by atoms with E-state index in [0.29, 0.717) is 5.57 Å². The van der Waals surface area contributed by atoms with Gasteiger partial charge in [-0.3, -0.25) is 4.79 Å². The van der Waals surface area contributed by atoms with E-state index >= 15 is 0 Å². The largest absolute Gasteiger partial charge is 0.298 e. The van der Waals surface area contributed by atoms with Gasteiger partial charge in [0.25, 0.3) is 0 Å². The average molecular weight is 136 g/mol. The Morgan fingerprint density at radius 1 is 1.30 bits per heavy atom. The Morgan fingerprint density at radius 3 is 2.10 bits per heavy atom. The molecule has 0 fully saturated rings. The molecule has 0 rings (SSSR count). The van der Waals surface area contributed by atoms with Gasteiger partial charge in [0.15, 0.2) is 0 Å². The fraction of sp³-hybridized carbons (Fsp3) is 0.222. The van der Waals surface area contributed by atoms with Crippen molar-refractivity contribution < 1.29 is 4.79 Å². The summed E-state index contributed by atoms with van der Waals surface area (Å²) in [5.74, 6) is 0. The Morgan fingerprint density at radius 2 is 1.80 bits per heavy atom. The summed E-state index contributed by atoms with van der Waals surface area (Å²) in [6.07, 6.45) is 2.45. The number of allylic oxidation sites excluding steroid dienone is 4. The molecule has 0 aliphatic heterocycles. The van der Waals surface area contributed by atoms with Crippen molar-refractivity contribution in [1.82, 2.24) is 0 Å². The zero-order valence-electron chi connectivity index (χ0n) is 6.48. The van der Waals surface area contributed by atoms with Gasteiger partial charge >= 0.3 is 0 Å². The number of carbonyl (C=O) groups is 1. The highest BCUT2D eigenvalue weighted by molar-refractivity contribution is 5.76. The van der Waals surface area contributed by atoms with E-state index < -0.39 is 0 Å². The van der Waals surface area contributed by atoms with Crippen LogP contribution in [0.4, 0.5) is 0 Å². The predicted octanol–water partition coefficient (Wildman–Crippen LogP) is 2.26. The summed E-state index contributed by atoms with van der Waals surface area (Å²) >= 11 is 0. The van der Waals surface area contributed by atoms with Gasteiger partial charge in [-0.25, -0.2) is 0 Å². The van der Waals surface area contributed by atoms with Gasteiger partial charge in [-0.2, -0.15) is 0 Å². The number of rotatable bonds is 3. The molecular weight excluding hydrogens is 124 g/mol. The van der Waals surface area contributed by atoms with E-state index in [2.05, 4.69) is 13.2 Å². The maximum atomic E-state index is 10.1. The van der Waals surface area contributed by atoms with Crippen LogP contribution in [0.25, 0.3) is 0 Å². The highest BCUT2D eigenvalue weighted by atomic mass is 16.1. The van der Waals surface area contributed by atoms with Crippen molar-refractivity contribution in [3.63, 3.8) is 0 Å². The molecule has 0 aromatic heterocycles. The fourth-order valence-corrected chi connectivity index (χ4v) is 0.435. The van der Waals surface area contributed by atoms with E-state index in [-0.39, 0.29) is 0 Å². The molecule has 0 aromatic carbocycles. The highest BCUT2D eigenvalue weighted by Gasteiger charge is 1.89. The Hall–Kier alpha value is -1.11. The van der Waals surface area contributed by atoms with Gasteiger partial charge in [-0.15, -0.1) is 0 Å². The van der Waals surface area contributed by atoms with Gasteiger partial charge in [-0.05, 0) is 25.5 Å². The molecule has 0 bridgehead atoms. The van der Waals surface area contributed by atoms with Crippen LogP contribution in [0.1, 0.15) is 13.8 Å². The minimum absolute atomic E-state index is 0.487. The van der Waals surface area contributed by atoms with E-state index in [1.165, 1.54) is 0 Å². The summed E-state index contributed by atoms with van der Waals surface area (Å²) in [5, 5.41) is 0. The Balaban J connectivity index is 4.30. The van der Waals surface area contributed by atoms with E-state index in [1.807, 2.05) is 13.8 Å². The molecule has 0 aliphatic carbocycles. The van der Waals surface area contributed by atoms with Gasteiger partial charge in [0, 0.05) is 5.57 Å². The molecule has 0 unspecified atom stereocenters. The second kappa shape index (κ2) is 3.83. The lowest BCUT2D eigenvalue weighted by molar-refractivity contribution is -0.104. The molecule has 0 amide bonds. The molecule has 0 radical (unpaired) electrons. The lowest BCUT2D eigenvalue weighted by Gasteiger charge is -1.95. The van der Waals surface area contributed by atoms with Crippen molar-refractivity contribution in [3.05, 3.63) is 36.0 Å². The van der Waals surface area contributed by atoms with Crippen LogP contribution in [0, 0.1) is 0 Å². The van der Waals surface area contributed by atoms with Crippen LogP contribution in [-0.4, -0.2) is 6.29 Å². The van der Waals surface area contributed by atoms with Crippen LogP contribution in [0.3, 0.4) is 0 Å². The van der Waals surface area contributed by atoms with E-state index in [1.54, 1.807) is 6.08 Å². The van der Waals surface area contributed by atoms with Crippen LogP contribution in [0.5, 0.6) is 0 Å². The third-order valence-corrected chi connectivity index (χ3v) is 1.23. The monoisotopic (exact) mass is 136 g/mol. The van der Waals surface area contributed by atoms with Gasteiger partial charge < -0.3 is 0 Å². The first kappa shape index (κ1) is 8.89. The van der Waals surface area contributed by atoms with E-state index in [0.717, 1.165) is 17.4 Å². The van der Waals surface area contributed by atoms with E-state index in [4.69, 9.17) is 0 Å².